The standard InChI is InChI=1S/C12H13ClN2O5S/c13-8-1-2-11(15(17)18)10(7-8)12(16)14-9-3-5-21(19,20)6-4-9/h1-2,7,9H,3-6H2,(H,14,16). The summed E-state index contributed by atoms with van der Waals surface area (Å²) in [5.74, 6) is -0.598. The summed E-state index contributed by atoms with van der Waals surface area (Å²) in [7, 11) is -3.03. The number of hydrogen-bond donors (Lipinski definition) is 1. The number of rotatable bonds is 3. The van der Waals surface area contributed by atoms with E-state index in [-0.39, 0.29) is 33.8 Å². The van der Waals surface area contributed by atoms with Gasteiger partial charge >= 0.3 is 0 Å². The van der Waals surface area contributed by atoms with Gasteiger partial charge in [-0.3, -0.25) is 14.9 Å². The topological polar surface area (TPSA) is 106 Å². The van der Waals surface area contributed by atoms with Crippen molar-refractivity contribution in [2.24, 2.45) is 0 Å². The zero-order valence-electron chi connectivity index (χ0n) is 10.9. The number of benzene rings is 1. The Bertz CT molecular complexity index is 675. The number of nitro groups is 1. The van der Waals surface area contributed by atoms with Crippen LogP contribution in [0.2, 0.25) is 5.02 Å². The van der Waals surface area contributed by atoms with Crippen LogP contribution in [0.1, 0.15) is 23.2 Å². The molecule has 0 spiro atoms. The normalized spacial score (nSPS) is 18.1. The fourth-order valence-electron chi connectivity index (χ4n) is 2.15. The zero-order chi connectivity index (χ0) is 15.6. The summed E-state index contributed by atoms with van der Waals surface area (Å²) in [5.41, 5.74) is -0.457. The molecule has 9 heteroatoms. The Balaban J connectivity index is 2.14. The van der Waals surface area contributed by atoms with E-state index in [1.54, 1.807) is 0 Å². The Kier molecular flexibility index (Phi) is 4.48. The van der Waals surface area contributed by atoms with Gasteiger partial charge in [-0.15, -0.1) is 0 Å². The fourth-order valence-corrected chi connectivity index (χ4v) is 3.81. The van der Waals surface area contributed by atoms with Gasteiger partial charge in [-0.25, -0.2) is 8.42 Å². The molecule has 0 aromatic heterocycles. The number of nitrogens with zero attached hydrogens (tertiary/aromatic N) is 1. The van der Waals surface area contributed by atoms with E-state index in [2.05, 4.69) is 5.32 Å². The number of sulfone groups is 1. The lowest BCUT2D eigenvalue weighted by Crippen LogP contribution is -2.41. The van der Waals surface area contributed by atoms with Gasteiger partial charge in [0.05, 0.1) is 16.4 Å². The predicted octanol–water partition coefficient (Wildman–Crippen LogP) is 1.56. The fraction of sp³-hybridized carbons (Fsp3) is 0.417. The molecule has 1 N–H and O–H groups in total. The molecule has 0 radical (unpaired) electrons. The van der Waals surface area contributed by atoms with Gasteiger partial charge in [0.2, 0.25) is 0 Å². The number of nitro benzene ring substituents is 1. The second-order valence-electron chi connectivity index (χ2n) is 4.82. The van der Waals surface area contributed by atoms with Crippen LogP contribution in [0.25, 0.3) is 0 Å². The maximum absolute atomic E-state index is 12.1. The van der Waals surface area contributed by atoms with Crippen LogP contribution in [0.5, 0.6) is 0 Å². The average molecular weight is 333 g/mol. The van der Waals surface area contributed by atoms with E-state index in [9.17, 15) is 23.3 Å². The first-order chi connectivity index (χ1) is 9.78. The maximum Gasteiger partial charge on any atom is 0.282 e. The highest BCUT2D eigenvalue weighted by atomic mass is 35.5. The highest BCUT2D eigenvalue weighted by Crippen LogP contribution is 2.23. The summed E-state index contributed by atoms with van der Waals surface area (Å²) in [5, 5.41) is 13.8. The van der Waals surface area contributed by atoms with Crippen molar-refractivity contribution in [1.29, 1.82) is 0 Å². The Morgan fingerprint density at radius 2 is 1.95 bits per heavy atom. The van der Waals surface area contributed by atoms with Crippen LogP contribution < -0.4 is 5.32 Å². The highest BCUT2D eigenvalue weighted by Gasteiger charge is 2.27. The molecular formula is C12H13ClN2O5S. The molecular weight excluding hydrogens is 320 g/mol. The van der Waals surface area contributed by atoms with Gasteiger partial charge in [-0.05, 0) is 25.0 Å². The van der Waals surface area contributed by atoms with Crippen LogP contribution in [-0.2, 0) is 9.84 Å². The molecule has 2 rings (SSSR count). The molecule has 7 nitrogen and oxygen atoms in total. The first-order valence-corrected chi connectivity index (χ1v) is 8.44. The second kappa shape index (κ2) is 5.98. The van der Waals surface area contributed by atoms with E-state index in [1.165, 1.54) is 18.2 Å². The number of hydrogen-bond acceptors (Lipinski definition) is 5. The average Bonchev–Trinajstić information content (AvgIpc) is 2.40. The lowest BCUT2D eigenvalue weighted by molar-refractivity contribution is -0.385. The van der Waals surface area contributed by atoms with Crippen molar-refractivity contribution < 1.29 is 18.1 Å². The van der Waals surface area contributed by atoms with Crippen LogP contribution in [-0.4, -0.2) is 36.8 Å². The third kappa shape index (κ3) is 3.92. The lowest BCUT2D eigenvalue weighted by atomic mass is 10.1. The molecule has 0 unspecified atom stereocenters. The molecule has 0 atom stereocenters. The molecule has 114 valence electrons. The van der Waals surface area contributed by atoms with Crippen LogP contribution >= 0.6 is 11.6 Å². The molecule has 1 heterocycles. The number of carbonyl (C=O) groups is 1. The quantitative estimate of drug-likeness (QED) is 0.667. The molecule has 0 saturated carbocycles. The summed E-state index contributed by atoms with van der Waals surface area (Å²) in [6, 6.07) is 3.43. The third-order valence-electron chi connectivity index (χ3n) is 3.29. The van der Waals surface area contributed by atoms with E-state index in [4.69, 9.17) is 11.6 Å². The number of halogens is 1. The monoisotopic (exact) mass is 332 g/mol. The minimum absolute atomic E-state index is 0.00951. The Morgan fingerprint density at radius 1 is 1.33 bits per heavy atom. The molecule has 1 aliphatic rings. The Morgan fingerprint density at radius 3 is 2.52 bits per heavy atom. The van der Waals surface area contributed by atoms with Gasteiger partial charge in [0.1, 0.15) is 15.4 Å². The van der Waals surface area contributed by atoms with Crippen molar-refractivity contribution in [3.63, 3.8) is 0 Å². The van der Waals surface area contributed by atoms with E-state index in [0.717, 1.165) is 0 Å². The van der Waals surface area contributed by atoms with Crippen LogP contribution in [0.3, 0.4) is 0 Å². The highest BCUT2D eigenvalue weighted by molar-refractivity contribution is 7.91. The summed E-state index contributed by atoms with van der Waals surface area (Å²) >= 11 is 5.76. The van der Waals surface area contributed by atoms with Gasteiger partial charge in [0.15, 0.2) is 0 Å². The molecule has 0 aliphatic carbocycles. The first kappa shape index (κ1) is 15.7. The van der Waals surface area contributed by atoms with E-state index in [1.807, 2.05) is 0 Å². The van der Waals surface area contributed by atoms with Gasteiger partial charge < -0.3 is 5.32 Å². The molecule has 1 aromatic rings. The van der Waals surface area contributed by atoms with Crippen molar-refractivity contribution in [3.05, 3.63) is 38.9 Å². The smallest absolute Gasteiger partial charge is 0.282 e. The summed E-state index contributed by atoms with van der Waals surface area (Å²) < 4.78 is 22.6. The van der Waals surface area contributed by atoms with E-state index in [0.29, 0.717) is 12.8 Å². The Labute approximate surface area is 126 Å². The molecule has 1 fully saturated rings. The summed E-state index contributed by atoms with van der Waals surface area (Å²) in [6.45, 7) is 0. The Hall–Kier alpha value is -1.67. The lowest BCUT2D eigenvalue weighted by Gasteiger charge is -2.23. The number of nitrogens with one attached hydrogen (secondary N) is 1. The van der Waals surface area contributed by atoms with Gasteiger partial charge in [0.25, 0.3) is 11.6 Å². The van der Waals surface area contributed by atoms with Gasteiger partial charge in [0, 0.05) is 17.1 Å². The largest absolute Gasteiger partial charge is 0.349 e. The van der Waals surface area contributed by atoms with Gasteiger partial charge in [-0.2, -0.15) is 0 Å². The summed E-state index contributed by atoms with van der Waals surface area (Å²) in [6.07, 6.45) is 0.616. The zero-order valence-corrected chi connectivity index (χ0v) is 12.5. The molecule has 1 aliphatic heterocycles. The molecule has 1 saturated heterocycles. The number of amides is 1. The molecule has 21 heavy (non-hydrogen) atoms. The minimum atomic E-state index is -3.03. The molecule has 1 amide bonds. The maximum atomic E-state index is 12.1. The van der Waals surface area contributed by atoms with Crippen molar-refractivity contribution in [3.8, 4) is 0 Å². The second-order valence-corrected chi connectivity index (χ2v) is 7.56. The van der Waals surface area contributed by atoms with Crippen LogP contribution in [0.4, 0.5) is 5.69 Å². The van der Waals surface area contributed by atoms with Crippen molar-refractivity contribution in [2.45, 2.75) is 18.9 Å². The number of carbonyl (C=O) groups excluding carboxylic acids is 1. The van der Waals surface area contributed by atoms with Gasteiger partial charge in [-0.1, -0.05) is 11.6 Å². The minimum Gasteiger partial charge on any atom is -0.349 e. The van der Waals surface area contributed by atoms with Crippen LogP contribution in [0.15, 0.2) is 18.2 Å². The molecule has 0 bridgehead atoms. The van der Waals surface area contributed by atoms with Crippen molar-refractivity contribution >= 4 is 33.0 Å². The SMILES string of the molecule is O=C(NC1CCS(=O)(=O)CC1)c1cc(Cl)ccc1[N+](=O)[O-]. The third-order valence-corrected chi connectivity index (χ3v) is 5.24. The van der Waals surface area contributed by atoms with Crippen LogP contribution in [0, 0.1) is 10.1 Å². The van der Waals surface area contributed by atoms with Crippen molar-refractivity contribution in [2.75, 3.05) is 11.5 Å². The van der Waals surface area contributed by atoms with E-state index >= 15 is 0 Å². The summed E-state index contributed by atoms with van der Waals surface area (Å²) in [4.78, 5) is 22.4. The van der Waals surface area contributed by atoms with E-state index < -0.39 is 20.7 Å². The van der Waals surface area contributed by atoms with Crippen molar-refractivity contribution in [1.82, 2.24) is 5.32 Å². The first-order valence-electron chi connectivity index (χ1n) is 6.24. The molecule has 1 aromatic carbocycles. The predicted molar refractivity (Wildman–Crippen MR) is 77.2 cm³/mol.